The third kappa shape index (κ3) is 4.20. The molecule has 1 N–H and O–H groups in total. The lowest BCUT2D eigenvalue weighted by molar-refractivity contribution is 0.0239. The minimum absolute atomic E-state index is 0.252. The molecular weight excluding hydrogens is 232 g/mol. The van der Waals surface area contributed by atoms with Gasteiger partial charge < -0.3 is 19.3 Å². The zero-order chi connectivity index (χ0) is 13.5. The quantitative estimate of drug-likeness (QED) is 0.811. The van der Waals surface area contributed by atoms with Gasteiger partial charge in [0.25, 0.3) is 0 Å². The number of hydrogen-bond acceptors (Lipinski definition) is 4. The highest BCUT2D eigenvalue weighted by Crippen LogP contribution is 2.29. The van der Waals surface area contributed by atoms with Crippen molar-refractivity contribution >= 4 is 0 Å². The van der Waals surface area contributed by atoms with Gasteiger partial charge in [0.1, 0.15) is 17.6 Å². The molecule has 0 heterocycles. The van der Waals surface area contributed by atoms with Gasteiger partial charge in [-0.15, -0.1) is 0 Å². The predicted octanol–water partition coefficient (Wildman–Crippen LogP) is 2.41. The average Bonchev–Trinajstić information content (AvgIpc) is 2.37. The Kier molecular flexibility index (Phi) is 5.95. The van der Waals surface area contributed by atoms with Gasteiger partial charge in [0.05, 0.1) is 20.8 Å². The van der Waals surface area contributed by atoms with E-state index in [1.54, 1.807) is 32.4 Å². The van der Waals surface area contributed by atoms with Crippen LogP contribution in [0.15, 0.2) is 18.2 Å². The normalized spacial score (nSPS) is 12.6. The van der Waals surface area contributed by atoms with E-state index < -0.39 is 6.10 Å². The number of aliphatic hydroxyl groups excluding tert-OH is 1. The third-order valence-corrected chi connectivity index (χ3v) is 2.52. The maximum atomic E-state index is 10.1. The van der Waals surface area contributed by atoms with E-state index in [1.807, 2.05) is 0 Å². The van der Waals surface area contributed by atoms with Crippen LogP contribution < -0.4 is 9.47 Å². The van der Waals surface area contributed by atoms with Gasteiger partial charge in [-0.3, -0.25) is 0 Å². The number of aliphatic hydroxyl groups is 1. The molecule has 18 heavy (non-hydrogen) atoms. The molecule has 0 bridgehead atoms. The number of ether oxygens (including phenoxy) is 3. The summed E-state index contributed by atoms with van der Waals surface area (Å²) in [6.07, 6.45) is -0.714. The Bertz CT molecular complexity index is 363. The summed E-state index contributed by atoms with van der Waals surface area (Å²) >= 11 is 0. The molecule has 0 saturated heterocycles. The number of benzene rings is 1. The third-order valence-electron chi connectivity index (χ3n) is 2.52. The number of rotatable bonds is 7. The molecule has 1 aromatic carbocycles. The van der Waals surface area contributed by atoms with Crippen LogP contribution in [0.4, 0.5) is 0 Å². The molecule has 0 amide bonds. The van der Waals surface area contributed by atoms with Gasteiger partial charge >= 0.3 is 0 Å². The first-order valence-corrected chi connectivity index (χ1v) is 6.06. The van der Waals surface area contributed by atoms with Crippen LogP contribution >= 0.6 is 0 Å². The molecule has 1 atom stereocenters. The van der Waals surface area contributed by atoms with Gasteiger partial charge in [-0.25, -0.2) is 0 Å². The molecule has 0 spiro atoms. The second-order valence-electron chi connectivity index (χ2n) is 4.55. The van der Waals surface area contributed by atoms with Crippen molar-refractivity contribution in [2.45, 2.75) is 20.0 Å². The highest BCUT2D eigenvalue weighted by Gasteiger charge is 2.15. The molecule has 0 aromatic heterocycles. The second-order valence-corrected chi connectivity index (χ2v) is 4.55. The Morgan fingerprint density at radius 1 is 1.11 bits per heavy atom. The molecule has 0 fully saturated rings. The van der Waals surface area contributed by atoms with Crippen LogP contribution in [0.2, 0.25) is 0 Å². The van der Waals surface area contributed by atoms with Gasteiger partial charge in [-0.2, -0.15) is 0 Å². The molecule has 102 valence electrons. The van der Waals surface area contributed by atoms with E-state index in [4.69, 9.17) is 14.2 Å². The van der Waals surface area contributed by atoms with Gasteiger partial charge in [-0.1, -0.05) is 13.8 Å². The van der Waals surface area contributed by atoms with Crippen LogP contribution in [-0.2, 0) is 4.74 Å². The SMILES string of the molecule is COc1ccc(OC)c(C(O)COCC(C)C)c1. The minimum Gasteiger partial charge on any atom is -0.497 e. The van der Waals surface area contributed by atoms with E-state index in [0.717, 1.165) is 0 Å². The van der Waals surface area contributed by atoms with Crippen LogP contribution in [-0.4, -0.2) is 32.5 Å². The molecule has 4 heteroatoms. The highest BCUT2D eigenvalue weighted by molar-refractivity contribution is 5.41. The van der Waals surface area contributed by atoms with Crippen molar-refractivity contribution in [3.8, 4) is 11.5 Å². The fourth-order valence-electron chi connectivity index (χ4n) is 1.60. The Balaban J connectivity index is 2.72. The first-order chi connectivity index (χ1) is 8.58. The fourth-order valence-corrected chi connectivity index (χ4v) is 1.60. The largest absolute Gasteiger partial charge is 0.497 e. The molecule has 0 aliphatic rings. The molecule has 0 aliphatic carbocycles. The summed E-state index contributed by atoms with van der Waals surface area (Å²) in [7, 11) is 3.17. The number of hydrogen-bond donors (Lipinski definition) is 1. The molecule has 1 aromatic rings. The molecule has 1 unspecified atom stereocenters. The van der Waals surface area contributed by atoms with Crippen molar-refractivity contribution in [2.24, 2.45) is 5.92 Å². The Labute approximate surface area is 108 Å². The maximum absolute atomic E-state index is 10.1. The monoisotopic (exact) mass is 254 g/mol. The molecule has 4 nitrogen and oxygen atoms in total. The van der Waals surface area contributed by atoms with E-state index in [9.17, 15) is 5.11 Å². The van der Waals surface area contributed by atoms with Gasteiger partial charge in [0.2, 0.25) is 0 Å². The fraction of sp³-hybridized carbons (Fsp3) is 0.571. The van der Waals surface area contributed by atoms with Crippen molar-refractivity contribution in [3.63, 3.8) is 0 Å². The minimum atomic E-state index is -0.714. The van der Waals surface area contributed by atoms with Gasteiger partial charge in [0, 0.05) is 12.2 Å². The van der Waals surface area contributed by atoms with E-state index in [0.29, 0.717) is 29.6 Å². The lowest BCUT2D eigenvalue weighted by atomic mass is 10.1. The summed E-state index contributed by atoms with van der Waals surface area (Å²) in [5.41, 5.74) is 0.681. The first kappa shape index (κ1) is 14.8. The average molecular weight is 254 g/mol. The summed E-state index contributed by atoms with van der Waals surface area (Å²) in [6, 6.07) is 5.34. The van der Waals surface area contributed by atoms with Crippen molar-refractivity contribution < 1.29 is 19.3 Å². The summed E-state index contributed by atoms with van der Waals surface area (Å²) < 4.78 is 15.8. The smallest absolute Gasteiger partial charge is 0.125 e. The standard InChI is InChI=1S/C14H22O4/c1-10(2)8-18-9-13(15)12-7-11(16-3)5-6-14(12)17-4/h5-7,10,13,15H,8-9H2,1-4H3. The zero-order valence-corrected chi connectivity index (χ0v) is 11.5. The van der Waals surface area contributed by atoms with Crippen LogP contribution in [0.3, 0.4) is 0 Å². The van der Waals surface area contributed by atoms with Crippen LogP contribution in [0.25, 0.3) is 0 Å². The van der Waals surface area contributed by atoms with E-state index in [2.05, 4.69) is 13.8 Å². The summed E-state index contributed by atoms with van der Waals surface area (Å²) in [6.45, 7) is 5.02. The van der Waals surface area contributed by atoms with E-state index >= 15 is 0 Å². The lowest BCUT2D eigenvalue weighted by Crippen LogP contribution is -2.11. The predicted molar refractivity (Wildman–Crippen MR) is 70.2 cm³/mol. The summed E-state index contributed by atoms with van der Waals surface area (Å²) in [4.78, 5) is 0. The van der Waals surface area contributed by atoms with Crippen molar-refractivity contribution in [3.05, 3.63) is 23.8 Å². The van der Waals surface area contributed by atoms with Gasteiger partial charge in [-0.05, 0) is 24.1 Å². The number of methoxy groups -OCH3 is 2. The van der Waals surface area contributed by atoms with E-state index in [-0.39, 0.29) is 6.61 Å². The molecule has 0 aliphatic heterocycles. The molecular formula is C14H22O4. The molecule has 0 saturated carbocycles. The van der Waals surface area contributed by atoms with Crippen molar-refractivity contribution in [2.75, 3.05) is 27.4 Å². The van der Waals surface area contributed by atoms with Crippen molar-refractivity contribution in [1.29, 1.82) is 0 Å². The zero-order valence-electron chi connectivity index (χ0n) is 11.5. The van der Waals surface area contributed by atoms with Crippen LogP contribution in [0.5, 0.6) is 11.5 Å². The van der Waals surface area contributed by atoms with Crippen LogP contribution in [0, 0.1) is 5.92 Å². The van der Waals surface area contributed by atoms with Crippen molar-refractivity contribution in [1.82, 2.24) is 0 Å². The first-order valence-electron chi connectivity index (χ1n) is 6.06. The molecule has 0 radical (unpaired) electrons. The lowest BCUT2D eigenvalue weighted by Gasteiger charge is -2.16. The van der Waals surface area contributed by atoms with E-state index in [1.165, 1.54) is 0 Å². The maximum Gasteiger partial charge on any atom is 0.125 e. The Morgan fingerprint density at radius 2 is 1.83 bits per heavy atom. The van der Waals surface area contributed by atoms with Gasteiger partial charge in [0.15, 0.2) is 0 Å². The second kappa shape index (κ2) is 7.24. The van der Waals surface area contributed by atoms with Crippen LogP contribution in [0.1, 0.15) is 25.5 Å². The Hall–Kier alpha value is -1.26. The Morgan fingerprint density at radius 3 is 2.39 bits per heavy atom. The topological polar surface area (TPSA) is 47.9 Å². The summed E-state index contributed by atoms with van der Waals surface area (Å²) in [5, 5.41) is 10.1. The highest BCUT2D eigenvalue weighted by atomic mass is 16.5. The summed E-state index contributed by atoms with van der Waals surface area (Å²) in [5.74, 6) is 1.77. The molecule has 1 rings (SSSR count).